The van der Waals surface area contributed by atoms with Gasteiger partial charge in [0.05, 0.1) is 6.54 Å². The summed E-state index contributed by atoms with van der Waals surface area (Å²) in [4.78, 5) is 20.1. The molecule has 2 heterocycles. The van der Waals surface area contributed by atoms with E-state index in [9.17, 15) is 4.79 Å². The van der Waals surface area contributed by atoms with Gasteiger partial charge in [0, 0.05) is 31.6 Å². The molecule has 1 aromatic carbocycles. The number of nitrogens with zero attached hydrogens (tertiary/aromatic N) is 2. The highest BCUT2D eigenvalue weighted by Gasteiger charge is 2.21. The number of carbonyl (C=O) groups excluding carboxylic acids is 1. The summed E-state index contributed by atoms with van der Waals surface area (Å²) in [6.45, 7) is 4.62. The minimum atomic E-state index is 0.110. The van der Waals surface area contributed by atoms with E-state index in [2.05, 4.69) is 52.2 Å². The van der Waals surface area contributed by atoms with Crippen molar-refractivity contribution in [3.8, 4) is 0 Å². The molecule has 1 aliphatic rings. The molecule has 0 radical (unpaired) electrons. The maximum Gasteiger partial charge on any atom is 0.242 e. The third-order valence-electron chi connectivity index (χ3n) is 4.74. The highest BCUT2D eigenvalue weighted by Crippen LogP contribution is 2.23. The van der Waals surface area contributed by atoms with Gasteiger partial charge in [-0.05, 0) is 41.0 Å². The van der Waals surface area contributed by atoms with Crippen LogP contribution in [0.2, 0.25) is 0 Å². The number of thiophene rings is 1. The van der Waals surface area contributed by atoms with Gasteiger partial charge in [-0.15, -0.1) is 11.3 Å². The highest BCUT2D eigenvalue weighted by atomic mass is 32.1. The third-order valence-corrected chi connectivity index (χ3v) is 5.76. The fraction of sp³-hybridized carbons (Fsp3) is 0.400. The second-order valence-corrected chi connectivity index (χ2v) is 7.34. The van der Waals surface area contributed by atoms with Crippen molar-refractivity contribution >= 4 is 23.2 Å². The largest absolute Gasteiger partial charge is 0.352 e. The maximum absolute atomic E-state index is 12.5. The van der Waals surface area contributed by atoms with Crippen molar-refractivity contribution in [2.75, 3.05) is 20.1 Å². The SMILES string of the molecule is CCc1ccccc1CNC(=NC)NCC(=O)N1CCc2sccc2C1. The Hall–Kier alpha value is -2.34. The van der Waals surface area contributed by atoms with Crippen LogP contribution in [0.1, 0.15) is 28.5 Å². The first-order chi connectivity index (χ1) is 12.7. The van der Waals surface area contributed by atoms with Crippen LogP contribution in [-0.4, -0.2) is 36.9 Å². The Morgan fingerprint density at radius 3 is 2.81 bits per heavy atom. The summed E-state index contributed by atoms with van der Waals surface area (Å²) in [6, 6.07) is 10.5. The molecule has 26 heavy (non-hydrogen) atoms. The van der Waals surface area contributed by atoms with Crippen molar-refractivity contribution in [1.82, 2.24) is 15.5 Å². The van der Waals surface area contributed by atoms with Crippen LogP contribution < -0.4 is 10.6 Å². The zero-order chi connectivity index (χ0) is 18.4. The van der Waals surface area contributed by atoms with Gasteiger partial charge < -0.3 is 15.5 Å². The number of guanidine groups is 1. The van der Waals surface area contributed by atoms with Crippen molar-refractivity contribution in [2.24, 2.45) is 4.99 Å². The number of benzene rings is 1. The Morgan fingerprint density at radius 2 is 2.04 bits per heavy atom. The predicted octanol–water partition coefficient (Wildman–Crippen LogP) is 2.56. The minimum absolute atomic E-state index is 0.110. The summed E-state index contributed by atoms with van der Waals surface area (Å²) >= 11 is 1.79. The molecule has 1 aromatic heterocycles. The topological polar surface area (TPSA) is 56.7 Å². The molecular formula is C20H26N4OS. The Bertz CT molecular complexity index is 784. The smallest absolute Gasteiger partial charge is 0.242 e. The maximum atomic E-state index is 12.5. The van der Waals surface area contributed by atoms with Crippen LogP contribution in [0, 0.1) is 0 Å². The Morgan fingerprint density at radius 1 is 1.23 bits per heavy atom. The number of carbonyl (C=O) groups is 1. The normalized spacial score (nSPS) is 14.1. The molecule has 0 saturated heterocycles. The first kappa shape index (κ1) is 18.5. The molecule has 0 fully saturated rings. The summed E-state index contributed by atoms with van der Waals surface area (Å²) in [5.41, 5.74) is 3.87. The van der Waals surface area contributed by atoms with Crippen LogP contribution in [0.3, 0.4) is 0 Å². The van der Waals surface area contributed by atoms with Crippen molar-refractivity contribution in [3.63, 3.8) is 0 Å². The van der Waals surface area contributed by atoms with Crippen molar-refractivity contribution in [1.29, 1.82) is 0 Å². The quantitative estimate of drug-likeness (QED) is 0.628. The van der Waals surface area contributed by atoms with E-state index in [0.717, 1.165) is 25.9 Å². The average Bonchev–Trinajstić information content (AvgIpc) is 3.16. The van der Waals surface area contributed by atoms with Gasteiger partial charge >= 0.3 is 0 Å². The number of fused-ring (bicyclic) bond motifs is 1. The van der Waals surface area contributed by atoms with E-state index in [1.54, 1.807) is 18.4 Å². The van der Waals surface area contributed by atoms with Gasteiger partial charge in [0.2, 0.25) is 5.91 Å². The van der Waals surface area contributed by atoms with Gasteiger partial charge in [-0.25, -0.2) is 0 Å². The number of hydrogen-bond acceptors (Lipinski definition) is 3. The lowest BCUT2D eigenvalue weighted by molar-refractivity contribution is -0.130. The van der Waals surface area contributed by atoms with Gasteiger partial charge in [0.1, 0.15) is 0 Å². The number of nitrogens with one attached hydrogen (secondary N) is 2. The first-order valence-corrected chi connectivity index (χ1v) is 9.93. The number of rotatable bonds is 5. The van der Waals surface area contributed by atoms with E-state index in [1.165, 1.54) is 21.6 Å². The third kappa shape index (κ3) is 4.43. The van der Waals surface area contributed by atoms with E-state index in [1.807, 2.05) is 11.0 Å². The summed E-state index contributed by atoms with van der Waals surface area (Å²) in [5.74, 6) is 0.760. The van der Waals surface area contributed by atoms with E-state index < -0.39 is 0 Å². The van der Waals surface area contributed by atoms with Crippen LogP contribution in [0.4, 0.5) is 0 Å². The molecule has 0 unspecified atom stereocenters. The molecule has 0 atom stereocenters. The molecule has 0 aliphatic carbocycles. The van der Waals surface area contributed by atoms with Crippen LogP contribution in [0.15, 0.2) is 40.7 Å². The second kappa shape index (κ2) is 8.85. The van der Waals surface area contributed by atoms with Gasteiger partial charge in [0.15, 0.2) is 5.96 Å². The number of aliphatic imine (C=N–C) groups is 1. The van der Waals surface area contributed by atoms with Crippen molar-refractivity contribution < 1.29 is 4.79 Å². The van der Waals surface area contributed by atoms with Crippen LogP contribution in [0.5, 0.6) is 0 Å². The van der Waals surface area contributed by atoms with Gasteiger partial charge in [-0.3, -0.25) is 9.79 Å². The standard InChI is InChI=1S/C20H26N4OS/c1-3-15-6-4-5-7-16(15)12-22-20(21-2)23-13-19(25)24-10-8-18-17(14-24)9-11-26-18/h4-7,9,11H,3,8,10,12-14H2,1-2H3,(H2,21,22,23). The first-order valence-electron chi connectivity index (χ1n) is 9.05. The Balaban J connectivity index is 1.49. The molecule has 0 bridgehead atoms. The second-order valence-electron chi connectivity index (χ2n) is 6.34. The summed E-state index contributed by atoms with van der Waals surface area (Å²) in [5, 5.41) is 8.55. The fourth-order valence-electron chi connectivity index (χ4n) is 3.21. The van der Waals surface area contributed by atoms with Crippen LogP contribution >= 0.6 is 11.3 Å². The molecule has 1 amide bonds. The average molecular weight is 371 g/mol. The molecule has 2 aromatic rings. The lowest BCUT2D eigenvalue weighted by Crippen LogP contribution is -2.45. The summed E-state index contributed by atoms with van der Waals surface area (Å²) in [7, 11) is 1.73. The van der Waals surface area contributed by atoms with Gasteiger partial charge in [0.25, 0.3) is 0 Å². The van der Waals surface area contributed by atoms with Crippen LogP contribution in [-0.2, 0) is 30.7 Å². The molecule has 138 valence electrons. The highest BCUT2D eigenvalue weighted by molar-refractivity contribution is 7.10. The number of amides is 1. The van der Waals surface area contributed by atoms with Gasteiger partial charge in [-0.2, -0.15) is 0 Å². The Kier molecular flexibility index (Phi) is 6.28. The molecule has 2 N–H and O–H groups in total. The minimum Gasteiger partial charge on any atom is -0.352 e. The van der Waals surface area contributed by atoms with E-state index in [-0.39, 0.29) is 12.5 Å². The molecule has 0 saturated carbocycles. The van der Waals surface area contributed by atoms with Crippen LogP contribution in [0.25, 0.3) is 0 Å². The molecule has 1 aliphatic heterocycles. The van der Waals surface area contributed by atoms with Crippen molar-refractivity contribution in [3.05, 3.63) is 57.3 Å². The molecule has 6 heteroatoms. The zero-order valence-electron chi connectivity index (χ0n) is 15.4. The van der Waals surface area contributed by atoms with E-state index in [4.69, 9.17) is 0 Å². The monoisotopic (exact) mass is 370 g/mol. The van der Waals surface area contributed by atoms with Gasteiger partial charge in [-0.1, -0.05) is 31.2 Å². The number of hydrogen-bond donors (Lipinski definition) is 2. The lowest BCUT2D eigenvalue weighted by Gasteiger charge is -2.27. The zero-order valence-corrected chi connectivity index (χ0v) is 16.2. The molecular weight excluding hydrogens is 344 g/mol. The lowest BCUT2D eigenvalue weighted by atomic mass is 10.1. The Labute approximate surface area is 159 Å². The number of aryl methyl sites for hydroxylation is 1. The molecule has 5 nitrogen and oxygen atoms in total. The van der Waals surface area contributed by atoms with E-state index >= 15 is 0 Å². The fourth-order valence-corrected chi connectivity index (χ4v) is 4.10. The predicted molar refractivity (Wildman–Crippen MR) is 107 cm³/mol. The van der Waals surface area contributed by atoms with E-state index in [0.29, 0.717) is 12.5 Å². The molecule has 0 spiro atoms. The molecule has 3 rings (SSSR count). The van der Waals surface area contributed by atoms with Crippen molar-refractivity contribution in [2.45, 2.75) is 32.9 Å². The summed E-state index contributed by atoms with van der Waals surface area (Å²) in [6.07, 6.45) is 1.96. The summed E-state index contributed by atoms with van der Waals surface area (Å²) < 4.78 is 0.